The molecule has 1 amide bonds. The largest absolute Gasteiger partial charge is 0.497 e. The lowest BCUT2D eigenvalue weighted by atomic mass is 10.1. The molecule has 0 N–H and O–H groups in total. The SMILES string of the molecule is COc1cccc(N2CCN(C(=O)c3ccccc3-c3ncc(-c4ccccc4F)o3)CC2)c1. The zero-order valence-electron chi connectivity index (χ0n) is 18.8. The quantitative estimate of drug-likeness (QED) is 0.416. The van der Waals surface area contributed by atoms with E-state index in [0.29, 0.717) is 35.5 Å². The third kappa shape index (κ3) is 4.24. The first kappa shape index (κ1) is 21.7. The van der Waals surface area contributed by atoms with Crippen molar-refractivity contribution in [3.8, 4) is 28.5 Å². The number of carbonyl (C=O) groups excluding carboxylic acids is 1. The number of benzene rings is 3. The Labute approximate surface area is 197 Å². The Bertz CT molecular complexity index is 1310. The lowest BCUT2D eigenvalue weighted by molar-refractivity contribution is 0.0747. The maximum absolute atomic E-state index is 14.2. The van der Waals surface area contributed by atoms with Gasteiger partial charge < -0.3 is 19.0 Å². The van der Waals surface area contributed by atoms with E-state index in [1.165, 1.54) is 12.3 Å². The number of hydrogen-bond donors (Lipinski definition) is 0. The Morgan fingerprint density at radius 1 is 0.941 bits per heavy atom. The summed E-state index contributed by atoms with van der Waals surface area (Å²) in [6.45, 7) is 2.63. The van der Waals surface area contributed by atoms with Crippen LogP contribution in [0.3, 0.4) is 0 Å². The number of hydrogen-bond acceptors (Lipinski definition) is 5. The first-order valence-corrected chi connectivity index (χ1v) is 11.1. The van der Waals surface area contributed by atoms with Crippen molar-refractivity contribution < 1.29 is 18.3 Å². The van der Waals surface area contributed by atoms with Gasteiger partial charge in [0.25, 0.3) is 5.91 Å². The van der Waals surface area contributed by atoms with Gasteiger partial charge in [0.1, 0.15) is 11.6 Å². The van der Waals surface area contributed by atoms with Crippen molar-refractivity contribution in [1.29, 1.82) is 0 Å². The molecule has 0 bridgehead atoms. The van der Waals surface area contributed by atoms with Crippen LogP contribution in [0, 0.1) is 5.82 Å². The van der Waals surface area contributed by atoms with Crippen molar-refractivity contribution in [3.63, 3.8) is 0 Å². The molecule has 0 radical (unpaired) electrons. The minimum Gasteiger partial charge on any atom is -0.497 e. The topological polar surface area (TPSA) is 58.8 Å². The molecule has 1 fully saturated rings. The van der Waals surface area contributed by atoms with Gasteiger partial charge in [-0.1, -0.05) is 30.3 Å². The molecule has 0 saturated carbocycles. The van der Waals surface area contributed by atoms with E-state index < -0.39 is 0 Å². The van der Waals surface area contributed by atoms with Crippen LogP contribution >= 0.6 is 0 Å². The number of carbonyl (C=O) groups is 1. The van der Waals surface area contributed by atoms with E-state index in [-0.39, 0.29) is 17.6 Å². The van der Waals surface area contributed by atoms with Crippen LogP contribution in [0.15, 0.2) is 83.4 Å². The van der Waals surface area contributed by atoms with Crippen molar-refractivity contribution in [2.45, 2.75) is 0 Å². The lowest BCUT2D eigenvalue weighted by Gasteiger charge is -2.36. The molecule has 5 rings (SSSR count). The lowest BCUT2D eigenvalue weighted by Crippen LogP contribution is -2.48. The van der Waals surface area contributed by atoms with E-state index in [2.05, 4.69) is 9.88 Å². The predicted octanol–water partition coefficient (Wildman–Crippen LogP) is 5.12. The summed E-state index contributed by atoms with van der Waals surface area (Å²) in [7, 11) is 1.65. The van der Waals surface area contributed by atoms with E-state index >= 15 is 0 Å². The normalized spacial score (nSPS) is 13.7. The van der Waals surface area contributed by atoms with Crippen LogP contribution in [-0.2, 0) is 0 Å². The number of amides is 1. The molecule has 172 valence electrons. The molecule has 1 aromatic heterocycles. The van der Waals surface area contributed by atoms with Gasteiger partial charge in [-0.3, -0.25) is 4.79 Å². The standard InChI is InChI=1S/C27H24FN3O3/c1-33-20-8-6-7-19(17-20)30-13-15-31(16-14-30)27(32)22-10-3-2-9-21(22)26-29-18-25(34-26)23-11-4-5-12-24(23)28/h2-12,17-18H,13-16H2,1H3. The highest BCUT2D eigenvalue weighted by Crippen LogP contribution is 2.30. The summed E-state index contributed by atoms with van der Waals surface area (Å²) in [5.41, 5.74) is 2.51. The average molecular weight is 458 g/mol. The Morgan fingerprint density at radius 3 is 2.44 bits per heavy atom. The summed E-state index contributed by atoms with van der Waals surface area (Å²) < 4.78 is 25.4. The minimum absolute atomic E-state index is 0.0773. The average Bonchev–Trinajstić information content (AvgIpc) is 3.38. The third-order valence-corrected chi connectivity index (χ3v) is 6.02. The molecule has 3 aromatic carbocycles. The molecule has 34 heavy (non-hydrogen) atoms. The van der Waals surface area contributed by atoms with Crippen LogP contribution < -0.4 is 9.64 Å². The minimum atomic E-state index is -0.386. The van der Waals surface area contributed by atoms with Crippen LogP contribution in [0.25, 0.3) is 22.8 Å². The number of nitrogens with zero attached hydrogens (tertiary/aromatic N) is 3. The molecular formula is C27H24FN3O3. The molecule has 0 spiro atoms. The van der Waals surface area contributed by atoms with Gasteiger partial charge in [-0.2, -0.15) is 0 Å². The maximum Gasteiger partial charge on any atom is 0.254 e. The predicted molar refractivity (Wildman–Crippen MR) is 128 cm³/mol. The van der Waals surface area contributed by atoms with Crippen molar-refractivity contribution in [2.75, 3.05) is 38.2 Å². The van der Waals surface area contributed by atoms with Gasteiger partial charge in [0.05, 0.1) is 24.4 Å². The van der Waals surface area contributed by atoms with Gasteiger partial charge in [0, 0.05) is 43.5 Å². The van der Waals surface area contributed by atoms with Crippen LogP contribution in [0.2, 0.25) is 0 Å². The molecule has 0 atom stereocenters. The van der Waals surface area contributed by atoms with Crippen LogP contribution in [0.4, 0.5) is 10.1 Å². The number of ether oxygens (including phenoxy) is 1. The van der Waals surface area contributed by atoms with Crippen LogP contribution in [-0.4, -0.2) is 49.1 Å². The second-order valence-corrected chi connectivity index (χ2v) is 8.04. The number of oxazole rings is 1. The summed E-state index contributed by atoms with van der Waals surface area (Å²) in [5.74, 6) is 0.958. The fourth-order valence-electron chi connectivity index (χ4n) is 4.19. The molecule has 1 saturated heterocycles. The fraction of sp³-hybridized carbons (Fsp3) is 0.185. The zero-order valence-corrected chi connectivity index (χ0v) is 18.8. The van der Waals surface area contributed by atoms with E-state index in [0.717, 1.165) is 24.5 Å². The molecule has 2 heterocycles. The highest BCUT2D eigenvalue weighted by Gasteiger charge is 2.25. The Kier molecular flexibility index (Phi) is 5.99. The number of rotatable bonds is 5. The molecular weight excluding hydrogens is 433 g/mol. The number of aromatic nitrogens is 1. The molecule has 0 aliphatic carbocycles. The molecule has 6 nitrogen and oxygen atoms in total. The molecule has 0 unspecified atom stereocenters. The summed E-state index contributed by atoms with van der Waals surface area (Å²) in [6.07, 6.45) is 1.49. The maximum atomic E-state index is 14.2. The van der Waals surface area contributed by atoms with Gasteiger partial charge in [-0.25, -0.2) is 9.37 Å². The van der Waals surface area contributed by atoms with Gasteiger partial charge in [0.15, 0.2) is 5.76 Å². The zero-order chi connectivity index (χ0) is 23.5. The summed E-state index contributed by atoms with van der Waals surface area (Å²) >= 11 is 0. The number of anilines is 1. The molecule has 1 aliphatic rings. The van der Waals surface area contributed by atoms with E-state index in [4.69, 9.17) is 9.15 Å². The first-order valence-electron chi connectivity index (χ1n) is 11.1. The van der Waals surface area contributed by atoms with Crippen molar-refractivity contribution >= 4 is 11.6 Å². The molecule has 7 heteroatoms. The van der Waals surface area contributed by atoms with Crippen LogP contribution in [0.1, 0.15) is 10.4 Å². The van der Waals surface area contributed by atoms with E-state index in [1.54, 1.807) is 37.4 Å². The second-order valence-electron chi connectivity index (χ2n) is 8.04. The van der Waals surface area contributed by atoms with Crippen molar-refractivity contribution in [1.82, 2.24) is 9.88 Å². The number of methoxy groups -OCH3 is 1. The Balaban J connectivity index is 1.34. The van der Waals surface area contributed by atoms with E-state index in [9.17, 15) is 9.18 Å². The molecule has 1 aliphatic heterocycles. The van der Waals surface area contributed by atoms with Gasteiger partial charge in [-0.05, 0) is 36.4 Å². The van der Waals surface area contributed by atoms with Crippen molar-refractivity contribution in [3.05, 3.63) is 90.4 Å². The first-order chi connectivity index (χ1) is 16.6. The summed E-state index contributed by atoms with van der Waals surface area (Å²) in [6, 6.07) is 21.5. The molecule has 4 aromatic rings. The van der Waals surface area contributed by atoms with Gasteiger partial charge in [-0.15, -0.1) is 0 Å². The smallest absolute Gasteiger partial charge is 0.254 e. The number of halogens is 1. The second kappa shape index (κ2) is 9.39. The summed E-state index contributed by atoms with van der Waals surface area (Å²) in [5, 5.41) is 0. The highest BCUT2D eigenvalue weighted by atomic mass is 19.1. The monoisotopic (exact) mass is 457 g/mol. The van der Waals surface area contributed by atoms with Gasteiger partial charge >= 0.3 is 0 Å². The Morgan fingerprint density at radius 2 is 1.68 bits per heavy atom. The highest BCUT2D eigenvalue weighted by molar-refractivity contribution is 6.00. The van der Waals surface area contributed by atoms with Gasteiger partial charge in [0.2, 0.25) is 5.89 Å². The van der Waals surface area contributed by atoms with E-state index in [1.807, 2.05) is 41.3 Å². The number of piperazine rings is 1. The van der Waals surface area contributed by atoms with Crippen molar-refractivity contribution in [2.24, 2.45) is 0 Å². The summed E-state index contributed by atoms with van der Waals surface area (Å²) in [4.78, 5) is 21.8. The fourth-order valence-corrected chi connectivity index (χ4v) is 4.19. The van der Waals surface area contributed by atoms with Crippen LogP contribution in [0.5, 0.6) is 5.75 Å². The third-order valence-electron chi connectivity index (χ3n) is 6.02. The Hall–Kier alpha value is -4.13.